The molecule has 0 bridgehead atoms. The zero-order valence-electron chi connectivity index (χ0n) is 13.6. The monoisotopic (exact) mass is 305 g/mol. The van der Waals surface area contributed by atoms with Gasteiger partial charge in [0.05, 0.1) is 0 Å². The minimum Gasteiger partial charge on any atom is -0.353 e. The molecule has 6 heteroatoms. The first-order valence-electron chi connectivity index (χ1n) is 7.13. The van der Waals surface area contributed by atoms with Gasteiger partial charge in [-0.25, -0.2) is 0 Å². The molecule has 0 aromatic heterocycles. The van der Waals surface area contributed by atoms with Crippen molar-refractivity contribution in [2.24, 2.45) is 5.41 Å². The normalized spacial score (nSPS) is 11.0. The van der Waals surface area contributed by atoms with Crippen LogP contribution in [0.2, 0.25) is 0 Å². The zero-order valence-corrected chi connectivity index (χ0v) is 13.6. The molecule has 0 radical (unpaired) electrons. The Hall–Kier alpha value is -2.37. The van der Waals surface area contributed by atoms with E-state index >= 15 is 0 Å². The molecule has 0 aliphatic heterocycles. The summed E-state index contributed by atoms with van der Waals surface area (Å²) in [6, 6.07) is 6.66. The quantitative estimate of drug-likeness (QED) is 0.728. The van der Waals surface area contributed by atoms with E-state index in [0.29, 0.717) is 11.4 Å². The van der Waals surface area contributed by atoms with Gasteiger partial charge in [0.25, 0.3) is 0 Å². The van der Waals surface area contributed by atoms with E-state index in [1.807, 2.05) is 13.8 Å². The van der Waals surface area contributed by atoms with Crippen molar-refractivity contribution in [2.45, 2.75) is 40.7 Å². The molecule has 1 rings (SSSR count). The second-order valence-electron chi connectivity index (χ2n) is 5.97. The van der Waals surface area contributed by atoms with Crippen LogP contribution in [0.3, 0.4) is 0 Å². The van der Waals surface area contributed by atoms with Crippen LogP contribution < -0.4 is 16.0 Å². The van der Waals surface area contributed by atoms with E-state index in [9.17, 15) is 14.4 Å². The van der Waals surface area contributed by atoms with Crippen molar-refractivity contribution in [1.29, 1.82) is 0 Å². The fourth-order valence-corrected chi connectivity index (χ4v) is 1.67. The fraction of sp³-hybridized carbons (Fsp3) is 0.438. The molecule has 0 unspecified atom stereocenters. The van der Waals surface area contributed by atoms with Crippen LogP contribution in [0.5, 0.6) is 0 Å². The second kappa shape index (κ2) is 7.06. The Balaban J connectivity index is 2.75. The van der Waals surface area contributed by atoms with Crippen LogP contribution in [-0.2, 0) is 14.4 Å². The molecule has 22 heavy (non-hydrogen) atoms. The van der Waals surface area contributed by atoms with Crippen molar-refractivity contribution in [3.8, 4) is 0 Å². The number of carbonyl (C=O) groups is 3. The number of carbonyl (C=O) groups excluding carboxylic acids is 3. The summed E-state index contributed by atoms with van der Waals surface area (Å²) in [5.74, 6) is -0.879. The van der Waals surface area contributed by atoms with Crippen LogP contribution in [0, 0.1) is 5.41 Å². The molecule has 6 nitrogen and oxygen atoms in total. The molecule has 0 fully saturated rings. The number of benzene rings is 1. The SMILES string of the molecule is CC(=O)Nc1ccc(NC(=O)C(C)(C)C(=O)NC(C)C)cc1. The Labute approximate surface area is 130 Å². The predicted octanol–water partition coefficient (Wildman–Crippen LogP) is 2.13. The molecule has 1 aromatic carbocycles. The lowest BCUT2D eigenvalue weighted by Gasteiger charge is -2.24. The Morgan fingerprint density at radius 3 is 1.77 bits per heavy atom. The number of nitrogens with one attached hydrogen (secondary N) is 3. The highest BCUT2D eigenvalue weighted by Gasteiger charge is 2.36. The van der Waals surface area contributed by atoms with Gasteiger partial charge in [-0.15, -0.1) is 0 Å². The molecule has 0 heterocycles. The van der Waals surface area contributed by atoms with Gasteiger partial charge >= 0.3 is 0 Å². The highest BCUT2D eigenvalue weighted by atomic mass is 16.2. The Morgan fingerprint density at radius 2 is 1.36 bits per heavy atom. The van der Waals surface area contributed by atoms with Gasteiger partial charge in [-0.05, 0) is 52.0 Å². The lowest BCUT2D eigenvalue weighted by molar-refractivity contribution is -0.138. The molecule has 0 aliphatic carbocycles. The van der Waals surface area contributed by atoms with Crippen LogP contribution >= 0.6 is 0 Å². The lowest BCUT2D eigenvalue weighted by atomic mass is 9.90. The number of rotatable bonds is 5. The summed E-state index contributed by atoms with van der Waals surface area (Å²) >= 11 is 0. The summed E-state index contributed by atoms with van der Waals surface area (Å²) in [6.07, 6.45) is 0. The van der Waals surface area contributed by atoms with Crippen LogP contribution in [0.25, 0.3) is 0 Å². The number of hydrogen-bond acceptors (Lipinski definition) is 3. The van der Waals surface area contributed by atoms with Crippen molar-refractivity contribution in [3.63, 3.8) is 0 Å². The standard InChI is InChI=1S/C16H23N3O3/c1-10(2)17-14(21)16(4,5)15(22)19-13-8-6-12(7-9-13)18-11(3)20/h6-10H,1-5H3,(H,17,21)(H,18,20)(H,19,22). The van der Waals surface area contributed by atoms with Crippen molar-refractivity contribution in [3.05, 3.63) is 24.3 Å². The molecule has 120 valence electrons. The van der Waals surface area contributed by atoms with E-state index in [-0.39, 0.29) is 17.9 Å². The molecule has 0 spiro atoms. The second-order valence-corrected chi connectivity index (χ2v) is 5.97. The molecular weight excluding hydrogens is 282 g/mol. The fourth-order valence-electron chi connectivity index (χ4n) is 1.67. The van der Waals surface area contributed by atoms with Crippen molar-refractivity contribution < 1.29 is 14.4 Å². The Morgan fingerprint density at radius 1 is 0.909 bits per heavy atom. The smallest absolute Gasteiger partial charge is 0.239 e. The summed E-state index contributed by atoms with van der Waals surface area (Å²) in [4.78, 5) is 35.3. The number of amides is 3. The highest BCUT2D eigenvalue weighted by Crippen LogP contribution is 2.20. The predicted molar refractivity (Wildman–Crippen MR) is 86.4 cm³/mol. The van der Waals surface area contributed by atoms with Crippen LogP contribution in [0.1, 0.15) is 34.6 Å². The summed E-state index contributed by atoms with van der Waals surface area (Å²) in [7, 11) is 0. The summed E-state index contributed by atoms with van der Waals surface area (Å²) < 4.78 is 0. The Bertz CT molecular complexity index is 563. The van der Waals surface area contributed by atoms with E-state index in [2.05, 4.69) is 16.0 Å². The molecular formula is C16H23N3O3. The van der Waals surface area contributed by atoms with Crippen molar-refractivity contribution >= 4 is 29.1 Å². The molecule has 0 atom stereocenters. The van der Waals surface area contributed by atoms with Gasteiger partial charge in [0.1, 0.15) is 5.41 Å². The largest absolute Gasteiger partial charge is 0.353 e. The minimum atomic E-state index is -1.18. The van der Waals surface area contributed by atoms with Gasteiger partial charge in [0, 0.05) is 24.3 Å². The minimum absolute atomic E-state index is 0.0310. The van der Waals surface area contributed by atoms with E-state index < -0.39 is 11.3 Å². The van der Waals surface area contributed by atoms with Crippen LogP contribution in [0.15, 0.2) is 24.3 Å². The van der Waals surface area contributed by atoms with Gasteiger partial charge in [-0.1, -0.05) is 0 Å². The third-order valence-electron chi connectivity index (χ3n) is 3.02. The number of anilines is 2. The van der Waals surface area contributed by atoms with E-state index in [4.69, 9.17) is 0 Å². The molecule has 0 aliphatic rings. The van der Waals surface area contributed by atoms with Gasteiger partial charge in [0.15, 0.2) is 0 Å². The maximum absolute atomic E-state index is 12.3. The summed E-state index contributed by atoms with van der Waals surface area (Å²) in [5, 5.41) is 8.08. The van der Waals surface area contributed by atoms with Gasteiger partial charge in [0.2, 0.25) is 17.7 Å². The van der Waals surface area contributed by atoms with Gasteiger partial charge in [-0.3, -0.25) is 14.4 Å². The summed E-state index contributed by atoms with van der Waals surface area (Å²) in [6.45, 7) is 8.25. The first-order chi connectivity index (χ1) is 10.1. The van der Waals surface area contributed by atoms with Crippen molar-refractivity contribution in [1.82, 2.24) is 5.32 Å². The first-order valence-corrected chi connectivity index (χ1v) is 7.13. The zero-order chi connectivity index (χ0) is 16.9. The molecule has 0 saturated carbocycles. The van der Waals surface area contributed by atoms with Crippen molar-refractivity contribution in [2.75, 3.05) is 10.6 Å². The Kier molecular flexibility index (Phi) is 5.68. The molecule has 3 N–H and O–H groups in total. The lowest BCUT2D eigenvalue weighted by Crippen LogP contribution is -2.47. The third-order valence-corrected chi connectivity index (χ3v) is 3.02. The van der Waals surface area contributed by atoms with Gasteiger partial charge in [-0.2, -0.15) is 0 Å². The van der Waals surface area contributed by atoms with Crippen LogP contribution in [0.4, 0.5) is 11.4 Å². The molecule has 1 aromatic rings. The average molecular weight is 305 g/mol. The van der Waals surface area contributed by atoms with Crippen LogP contribution in [-0.4, -0.2) is 23.8 Å². The number of hydrogen-bond donors (Lipinski definition) is 3. The van der Waals surface area contributed by atoms with E-state index in [0.717, 1.165) is 0 Å². The summed E-state index contributed by atoms with van der Waals surface area (Å²) in [5.41, 5.74) is 0.0208. The third kappa shape index (κ3) is 4.87. The first kappa shape index (κ1) is 17.7. The molecule has 0 saturated heterocycles. The van der Waals surface area contributed by atoms with Gasteiger partial charge < -0.3 is 16.0 Å². The average Bonchev–Trinajstić information content (AvgIpc) is 2.39. The van der Waals surface area contributed by atoms with E-state index in [1.54, 1.807) is 38.1 Å². The topological polar surface area (TPSA) is 87.3 Å². The highest BCUT2D eigenvalue weighted by molar-refractivity contribution is 6.10. The maximum atomic E-state index is 12.3. The van der Waals surface area contributed by atoms with E-state index in [1.165, 1.54) is 6.92 Å². The maximum Gasteiger partial charge on any atom is 0.239 e. The molecule has 3 amide bonds.